The zero-order chi connectivity index (χ0) is 13.1. The molecule has 1 heterocycles. The van der Waals surface area contributed by atoms with Gasteiger partial charge in [0.15, 0.2) is 0 Å². The molecule has 1 unspecified atom stereocenters. The van der Waals surface area contributed by atoms with Gasteiger partial charge in [0.05, 0.1) is 13.2 Å². The highest BCUT2D eigenvalue weighted by Crippen LogP contribution is 2.33. The molecule has 0 radical (unpaired) electrons. The second kappa shape index (κ2) is 5.52. The van der Waals surface area contributed by atoms with Crippen LogP contribution < -0.4 is 16.0 Å². The van der Waals surface area contributed by atoms with Crippen LogP contribution in [0.4, 0.5) is 0 Å². The normalized spacial score (nSPS) is 12.4. The zero-order valence-electron chi connectivity index (χ0n) is 10.9. The maximum atomic E-state index is 5.73. The van der Waals surface area contributed by atoms with Crippen molar-refractivity contribution in [2.75, 3.05) is 7.11 Å². The standard InChI is InChI=1S/C14H18N2OS/c1-9-4-5-12(13(8-9)17-3)14(16-15)11-6-7-18-10(11)2/h4-8,14,16H,15H2,1-3H3. The number of hydrogen-bond donors (Lipinski definition) is 2. The van der Waals surface area contributed by atoms with Gasteiger partial charge in [-0.05, 0) is 42.5 Å². The molecule has 4 heteroatoms. The van der Waals surface area contributed by atoms with Crippen LogP contribution in [0, 0.1) is 13.8 Å². The maximum Gasteiger partial charge on any atom is 0.124 e. The molecule has 3 nitrogen and oxygen atoms in total. The molecule has 2 rings (SSSR count). The highest BCUT2D eigenvalue weighted by Gasteiger charge is 2.19. The van der Waals surface area contributed by atoms with Gasteiger partial charge in [-0.3, -0.25) is 5.84 Å². The number of rotatable bonds is 4. The molecule has 0 amide bonds. The van der Waals surface area contributed by atoms with E-state index in [-0.39, 0.29) is 6.04 Å². The van der Waals surface area contributed by atoms with Gasteiger partial charge in [-0.25, -0.2) is 5.43 Å². The molecule has 1 aromatic carbocycles. The predicted molar refractivity (Wildman–Crippen MR) is 76.0 cm³/mol. The minimum atomic E-state index is -0.0354. The highest BCUT2D eigenvalue weighted by molar-refractivity contribution is 7.10. The number of nitrogens with two attached hydrogens (primary N) is 1. The summed E-state index contributed by atoms with van der Waals surface area (Å²) in [6, 6.07) is 8.23. The van der Waals surface area contributed by atoms with Gasteiger partial charge in [0.1, 0.15) is 5.75 Å². The van der Waals surface area contributed by atoms with E-state index in [2.05, 4.69) is 35.9 Å². The summed E-state index contributed by atoms with van der Waals surface area (Å²) in [5.74, 6) is 6.59. The van der Waals surface area contributed by atoms with Gasteiger partial charge in [0, 0.05) is 10.4 Å². The molecule has 0 fully saturated rings. The van der Waals surface area contributed by atoms with Gasteiger partial charge in [-0.1, -0.05) is 12.1 Å². The first-order valence-electron chi connectivity index (χ1n) is 5.82. The Morgan fingerprint density at radius 1 is 1.22 bits per heavy atom. The Hall–Kier alpha value is -1.36. The van der Waals surface area contributed by atoms with E-state index in [1.54, 1.807) is 18.4 Å². The smallest absolute Gasteiger partial charge is 0.124 e. The molecule has 0 bridgehead atoms. The summed E-state index contributed by atoms with van der Waals surface area (Å²) in [5, 5.41) is 2.08. The molecule has 0 aliphatic carbocycles. The van der Waals surface area contributed by atoms with Crippen LogP contribution in [0.2, 0.25) is 0 Å². The molecule has 0 spiro atoms. The van der Waals surface area contributed by atoms with Gasteiger partial charge in [0.2, 0.25) is 0 Å². The Kier molecular flexibility index (Phi) is 4.01. The van der Waals surface area contributed by atoms with Gasteiger partial charge in [-0.15, -0.1) is 11.3 Å². The second-order valence-electron chi connectivity index (χ2n) is 4.28. The molecule has 2 aromatic rings. The summed E-state index contributed by atoms with van der Waals surface area (Å²) in [5.41, 5.74) is 6.32. The number of methoxy groups -OCH3 is 1. The first-order chi connectivity index (χ1) is 8.67. The molecular formula is C14H18N2OS. The van der Waals surface area contributed by atoms with Crippen molar-refractivity contribution < 1.29 is 4.74 Å². The van der Waals surface area contributed by atoms with Gasteiger partial charge in [0.25, 0.3) is 0 Å². The minimum Gasteiger partial charge on any atom is -0.496 e. The van der Waals surface area contributed by atoms with E-state index >= 15 is 0 Å². The van der Waals surface area contributed by atoms with E-state index in [1.165, 1.54) is 16.0 Å². The molecule has 1 aromatic heterocycles. The van der Waals surface area contributed by atoms with E-state index in [0.717, 1.165) is 11.3 Å². The second-order valence-corrected chi connectivity index (χ2v) is 5.40. The molecule has 0 saturated heterocycles. The lowest BCUT2D eigenvalue weighted by Crippen LogP contribution is -2.29. The SMILES string of the molecule is COc1cc(C)ccc1C(NN)c1ccsc1C. The number of hydrazine groups is 1. The fourth-order valence-corrected chi connectivity index (χ4v) is 2.84. The predicted octanol–water partition coefficient (Wildman–Crippen LogP) is 2.93. The number of hydrogen-bond acceptors (Lipinski definition) is 4. The van der Waals surface area contributed by atoms with Crippen LogP contribution in [0.15, 0.2) is 29.6 Å². The maximum absolute atomic E-state index is 5.73. The van der Waals surface area contributed by atoms with Crippen molar-refractivity contribution in [2.24, 2.45) is 5.84 Å². The van der Waals surface area contributed by atoms with Crippen molar-refractivity contribution in [1.29, 1.82) is 0 Å². The Morgan fingerprint density at radius 2 is 2.00 bits per heavy atom. The molecule has 1 atom stereocenters. The van der Waals surface area contributed by atoms with Crippen LogP contribution in [0.1, 0.15) is 27.6 Å². The monoisotopic (exact) mass is 262 g/mol. The van der Waals surface area contributed by atoms with Crippen molar-refractivity contribution in [1.82, 2.24) is 5.43 Å². The van der Waals surface area contributed by atoms with Crippen molar-refractivity contribution in [2.45, 2.75) is 19.9 Å². The van der Waals surface area contributed by atoms with E-state index < -0.39 is 0 Å². The average molecular weight is 262 g/mol. The lowest BCUT2D eigenvalue weighted by atomic mass is 9.98. The van der Waals surface area contributed by atoms with Crippen molar-refractivity contribution in [3.05, 3.63) is 51.2 Å². The van der Waals surface area contributed by atoms with Crippen molar-refractivity contribution in [3.8, 4) is 5.75 Å². The van der Waals surface area contributed by atoms with E-state index in [9.17, 15) is 0 Å². The van der Waals surface area contributed by atoms with Gasteiger partial charge < -0.3 is 4.74 Å². The topological polar surface area (TPSA) is 47.3 Å². The Morgan fingerprint density at radius 3 is 2.56 bits per heavy atom. The third kappa shape index (κ3) is 2.41. The Labute approximate surface area is 112 Å². The van der Waals surface area contributed by atoms with E-state index in [0.29, 0.717) is 0 Å². The Balaban J connectivity index is 2.48. The molecule has 0 aliphatic heterocycles. The zero-order valence-corrected chi connectivity index (χ0v) is 11.7. The minimum absolute atomic E-state index is 0.0354. The number of thiophene rings is 1. The molecule has 96 valence electrons. The summed E-state index contributed by atoms with van der Waals surface area (Å²) < 4.78 is 5.45. The van der Waals surface area contributed by atoms with Crippen LogP contribution in [0.25, 0.3) is 0 Å². The molecule has 0 saturated carbocycles. The molecule has 0 aliphatic rings. The first-order valence-corrected chi connectivity index (χ1v) is 6.70. The molecule has 18 heavy (non-hydrogen) atoms. The summed E-state index contributed by atoms with van der Waals surface area (Å²) >= 11 is 1.72. The number of aryl methyl sites for hydroxylation is 2. The van der Waals surface area contributed by atoms with Crippen LogP contribution in [-0.2, 0) is 0 Å². The van der Waals surface area contributed by atoms with Crippen LogP contribution in [-0.4, -0.2) is 7.11 Å². The number of ether oxygens (including phenoxy) is 1. The van der Waals surface area contributed by atoms with Crippen LogP contribution in [0.5, 0.6) is 5.75 Å². The number of nitrogens with one attached hydrogen (secondary N) is 1. The van der Waals surface area contributed by atoms with Crippen molar-refractivity contribution in [3.63, 3.8) is 0 Å². The number of benzene rings is 1. The van der Waals surface area contributed by atoms with Crippen molar-refractivity contribution >= 4 is 11.3 Å². The lowest BCUT2D eigenvalue weighted by molar-refractivity contribution is 0.404. The third-order valence-corrected chi connectivity index (χ3v) is 3.94. The quantitative estimate of drug-likeness (QED) is 0.658. The van der Waals surface area contributed by atoms with Gasteiger partial charge in [-0.2, -0.15) is 0 Å². The van der Waals surface area contributed by atoms with Gasteiger partial charge >= 0.3 is 0 Å². The average Bonchev–Trinajstić information content (AvgIpc) is 2.78. The largest absolute Gasteiger partial charge is 0.496 e. The molecular weight excluding hydrogens is 244 g/mol. The summed E-state index contributed by atoms with van der Waals surface area (Å²) in [7, 11) is 1.69. The lowest BCUT2D eigenvalue weighted by Gasteiger charge is -2.19. The summed E-state index contributed by atoms with van der Waals surface area (Å²) in [4.78, 5) is 1.26. The fraction of sp³-hybridized carbons (Fsp3) is 0.286. The van der Waals surface area contributed by atoms with E-state index in [1.807, 2.05) is 13.0 Å². The summed E-state index contributed by atoms with van der Waals surface area (Å²) in [6.45, 7) is 4.15. The van der Waals surface area contributed by atoms with E-state index in [4.69, 9.17) is 10.6 Å². The molecule has 3 N–H and O–H groups in total. The summed E-state index contributed by atoms with van der Waals surface area (Å²) in [6.07, 6.45) is 0. The Bertz CT molecular complexity index is 536. The third-order valence-electron chi connectivity index (χ3n) is 3.08. The van der Waals surface area contributed by atoms with Crippen LogP contribution >= 0.6 is 11.3 Å². The first kappa shape index (κ1) is 13.1. The highest BCUT2D eigenvalue weighted by atomic mass is 32.1. The fourth-order valence-electron chi connectivity index (χ4n) is 2.10. The van der Waals surface area contributed by atoms with Crippen LogP contribution in [0.3, 0.4) is 0 Å².